The zero-order valence-corrected chi connectivity index (χ0v) is 11.8. The summed E-state index contributed by atoms with van der Waals surface area (Å²) in [5, 5.41) is 3.04. The summed E-state index contributed by atoms with van der Waals surface area (Å²) in [7, 11) is 2.13. The number of amides is 1. The van der Waals surface area contributed by atoms with Crippen molar-refractivity contribution >= 4 is 11.6 Å². The quantitative estimate of drug-likeness (QED) is 0.816. The third kappa shape index (κ3) is 3.47. The number of benzene rings is 1. The number of nitrogen functional groups attached to an aromatic ring is 1. The molecule has 1 heterocycles. The van der Waals surface area contributed by atoms with Crippen LogP contribution in [0.1, 0.15) is 35.2 Å². The van der Waals surface area contributed by atoms with E-state index in [-0.39, 0.29) is 5.91 Å². The van der Waals surface area contributed by atoms with E-state index in [0.717, 1.165) is 25.1 Å². The average molecular weight is 261 g/mol. The molecule has 1 amide bonds. The summed E-state index contributed by atoms with van der Waals surface area (Å²) in [5.74, 6) is -0.00327. The van der Waals surface area contributed by atoms with Crippen LogP contribution in [0.5, 0.6) is 0 Å². The van der Waals surface area contributed by atoms with Crippen LogP contribution in [-0.2, 0) is 0 Å². The molecule has 3 N–H and O–H groups in total. The zero-order chi connectivity index (χ0) is 13.8. The fourth-order valence-electron chi connectivity index (χ4n) is 2.65. The lowest BCUT2D eigenvalue weighted by atomic mass is 10.0. The first kappa shape index (κ1) is 13.9. The van der Waals surface area contributed by atoms with Crippen LogP contribution in [0.25, 0.3) is 0 Å². The van der Waals surface area contributed by atoms with E-state index >= 15 is 0 Å². The van der Waals surface area contributed by atoms with Crippen molar-refractivity contribution in [3.63, 3.8) is 0 Å². The molecule has 0 saturated carbocycles. The van der Waals surface area contributed by atoms with E-state index in [4.69, 9.17) is 5.73 Å². The van der Waals surface area contributed by atoms with Crippen molar-refractivity contribution in [2.45, 2.75) is 32.2 Å². The number of nitrogens with zero attached hydrogens (tertiary/aromatic N) is 1. The lowest BCUT2D eigenvalue weighted by Gasteiger charge is -2.32. The molecule has 1 aromatic carbocycles. The molecule has 1 aliphatic heterocycles. The number of aryl methyl sites for hydroxylation is 1. The third-order valence-electron chi connectivity index (χ3n) is 3.91. The number of carbonyl (C=O) groups is 1. The minimum Gasteiger partial charge on any atom is -0.399 e. The number of hydrogen-bond acceptors (Lipinski definition) is 3. The molecule has 0 bridgehead atoms. The minimum absolute atomic E-state index is 0.00327. The molecule has 0 aromatic heterocycles. The molecule has 1 aliphatic rings. The molecule has 104 valence electrons. The van der Waals surface area contributed by atoms with Gasteiger partial charge in [-0.2, -0.15) is 0 Å². The Morgan fingerprint density at radius 2 is 2.26 bits per heavy atom. The van der Waals surface area contributed by atoms with Gasteiger partial charge in [0, 0.05) is 23.8 Å². The molecule has 2 rings (SSSR count). The number of rotatable bonds is 3. The lowest BCUT2D eigenvalue weighted by molar-refractivity contribution is 0.0928. The van der Waals surface area contributed by atoms with Crippen LogP contribution in [0.4, 0.5) is 5.69 Å². The number of hydrogen-bond donors (Lipinski definition) is 2. The van der Waals surface area contributed by atoms with E-state index < -0.39 is 0 Å². The van der Waals surface area contributed by atoms with Gasteiger partial charge >= 0.3 is 0 Å². The zero-order valence-electron chi connectivity index (χ0n) is 11.8. The highest BCUT2D eigenvalue weighted by molar-refractivity contribution is 5.96. The van der Waals surface area contributed by atoms with Crippen molar-refractivity contribution in [1.82, 2.24) is 10.2 Å². The largest absolute Gasteiger partial charge is 0.399 e. The lowest BCUT2D eigenvalue weighted by Crippen LogP contribution is -2.44. The summed E-state index contributed by atoms with van der Waals surface area (Å²) >= 11 is 0. The second-order valence-corrected chi connectivity index (χ2v) is 5.41. The van der Waals surface area contributed by atoms with E-state index in [2.05, 4.69) is 17.3 Å². The van der Waals surface area contributed by atoms with Crippen LogP contribution < -0.4 is 11.1 Å². The Hall–Kier alpha value is -1.55. The van der Waals surface area contributed by atoms with Gasteiger partial charge in [0.05, 0.1) is 0 Å². The van der Waals surface area contributed by atoms with Crippen LogP contribution in [0, 0.1) is 6.92 Å². The molecule has 19 heavy (non-hydrogen) atoms. The van der Waals surface area contributed by atoms with Gasteiger partial charge in [0.2, 0.25) is 0 Å². The van der Waals surface area contributed by atoms with Gasteiger partial charge in [0.1, 0.15) is 0 Å². The fourth-order valence-corrected chi connectivity index (χ4v) is 2.65. The smallest absolute Gasteiger partial charge is 0.251 e. The molecule has 1 saturated heterocycles. The van der Waals surface area contributed by atoms with Gasteiger partial charge in [-0.25, -0.2) is 0 Å². The molecule has 1 atom stereocenters. The molecule has 0 aliphatic carbocycles. The normalized spacial score (nSPS) is 20.2. The Balaban J connectivity index is 1.93. The van der Waals surface area contributed by atoms with Crippen LogP contribution in [0.15, 0.2) is 18.2 Å². The van der Waals surface area contributed by atoms with Gasteiger partial charge in [-0.1, -0.05) is 6.42 Å². The highest BCUT2D eigenvalue weighted by atomic mass is 16.1. The average Bonchev–Trinajstić information content (AvgIpc) is 2.37. The molecule has 1 fully saturated rings. The van der Waals surface area contributed by atoms with Gasteiger partial charge < -0.3 is 16.0 Å². The van der Waals surface area contributed by atoms with E-state index in [9.17, 15) is 4.79 Å². The number of likely N-dealkylation sites (tertiary alicyclic amines) is 1. The summed E-state index contributed by atoms with van der Waals surface area (Å²) in [6.45, 7) is 3.76. The molecule has 1 unspecified atom stereocenters. The van der Waals surface area contributed by atoms with Crippen LogP contribution in [0.2, 0.25) is 0 Å². The van der Waals surface area contributed by atoms with E-state index in [1.807, 2.05) is 13.0 Å². The highest BCUT2D eigenvalue weighted by Crippen LogP contribution is 2.15. The molecule has 0 radical (unpaired) electrons. The van der Waals surface area contributed by atoms with Gasteiger partial charge in [-0.3, -0.25) is 4.79 Å². The second kappa shape index (κ2) is 6.06. The summed E-state index contributed by atoms with van der Waals surface area (Å²) < 4.78 is 0. The number of piperidine rings is 1. The number of carbonyl (C=O) groups excluding carboxylic acids is 1. The fraction of sp³-hybridized carbons (Fsp3) is 0.533. The molecular weight excluding hydrogens is 238 g/mol. The maximum atomic E-state index is 12.2. The number of likely N-dealkylation sites (N-methyl/N-ethyl adjacent to an activating group) is 1. The monoisotopic (exact) mass is 261 g/mol. The predicted octanol–water partition coefficient (Wildman–Crippen LogP) is 1.79. The second-order valence-electron chi connectivity index (χ2n) is 5.41. The molecule has 4 nitrogen and oxygen atoms in total. The first-order chi connectivity index (χ1) is 9.08. The van der Waals surface area contributed by atoms with Crippen molar-refractivity contribution < 1.29 is 4.79 Å². The van der Waals surface area contributed by atoms with E-state index in [0.29, 0.717) is 17.3 Å². The van der Waals surface area contributed by atoms with Gasteiger partial charge in [0.25, 0.3) is 5.91 Å². The highest BCUT2D eigenvalue weighted by Gasteiger charge is 2.19. The molecular formula is C15H23N3O. The topological polar surface area (TPSA) is 58.4 Å². The van der Waals surface area contributed by atoms with Crippen molar-refractivity contribution in [2.24, 2.45) is 0 Å². The molecule has 0 spiro atoms. The maximum Gasteiger partial charge on any atom is 0.251 e. The van der Waals surface area contributed by atoms with Gasteiger partial charge in [-0.05, 0) is 57.1 Å². The Morgan fingerprint density at radius 1 is 1.47 bits per heavy atom. The molecule has 4 heteroatoms. The first-order valence-electron chi connectivity index (χ1n) is 6.92. The standard InChI is InChI=1S/C15H23N3O/c1-11-9-12(16)6-7-14(11)15(19)17-10-13-5-3-4-8-18(13)2/h6-7,9,13H,3-5,8,10,16H2,1-2H3,(H,17,19). The van der Waals surface area contributed by atoms with Crippen LogP contribution in [0.3, 0.4) is 0 Å². The van der Waals surface area contributed by atoms with Crippen LogP contribution in [-0.4, -0.2) is 37.0 Å². The van der Waals surface area contributed by atoms with Crippen molar-refractivity contribution in [2.75, 3.05) is 25.9 Å². The summed E-state index contributed by atoms with van der Waals surface area (Å²) in [6.07, 6.45) is 3.68. The summed E-state index contributed by atoms with van der Waals surface area (Å²) in [4.78, 5) is 14.5. The molecule has 1 aromatic rings. The maximum absolute atomic E-state index is 12.2. The number of nitrogens with two attached hydrogens (primary N) is 1. The Bertz CT molecular complexity index is 459. The minimum atomic E-state index is -0.00327. The van der Waals surface area contributed by atoms with Crippen molar-refractivity contribution in [3.8, 4) is 0 Å². The summed E-state index contributed by atoms with van der Waals surface area (Å²) in [5.41, 5.74) is 8.03. The predicted molar refractivity (Wildman–Crippen MR) is 78.2 cm³/mol. The SMILES string of the molecule is Cc1cc(N)ccc1C(=O)NCC1CCCCN1C. The Kier molecular flexibility index (Phi) is 4.43. The Morgan fingerprint density at radius 3 is 2.95 bits per heavy atom. The van der Waals surface area contributed by atoms with Gasteiger partial charge in [0.15, 0.2) is 0 Å². The first-order valence-corrected chi connectivity index (χ1v) is 6.92. The third-order valence-corrected chi connectivity index (χ3v) is 3.91. The number of nitrogens with one attached hydrogen (secondary N) is 1. The van der Waals surface area contributed by atoms with Crippen molar-refractivity contribution in [3.05, 3.63) is 29.3 Å². The Labute approximate surface area is 115 Å². The van der Waals surface area contributed by atoms with E-state index in [1.54, 1.807) is 12.1 Å². The van der Waals surface area contributed by atoms with Gasteiger partial charge in [-0.15, -0.1) is 0 Å². The summed E-state index contributed by atoms with van der Waals surface area (Å²) in [6, 6.07) is 5.87. The van der Waals surface area contributed by atoms with Crippen LogP contribution >= 0.6 is 0 Å². The van der Waals surface area contributed by atoms with Crippen molar-refractivity contribution in [1.29, 1.82) is 0 Å². The number of anilines is 1. The van der Waals surface area contributed by atoms with E-state index in [1.165, 1.54) is 12.8 Å².